The Bertz CT molecular complexity index is 1600. The van der Waals surface area contributed by atoms with E-state index in [-0.39, 0.29) is 42.0 Å². The molecule has 2 aromatic carbocycles. The van der Waals surface area contributed by atoms with E-state index in [1.165, 1.54) is 30.3 Å². The number of nitrogens with one attached hydrogen (secondary N) is 1. The van der Waals surface area contributed by atoms with Gasteiger partial charge in [-0.3, -0.25) is 10.1 Å². The third-order valence-electron chi connectivity index (χ3n) is 6.71. The van der Waals surface area contributed by atoms with E-state index in [1.807, 2.05) is 35.0 Å². The number of hydrogen-bond acceptors (Lipinski definition) is 9. The number of carbonyl (C=O) groups is 3. The van der Waals surface area contributed by atoms with E-state index >= 15 is 0 Å². The van der Waals surface area contributed by atoms with Crippen LogP contribution in [0.5, 0.6) is 0 Å². The maximum Gasteiger partial charge on any atom is 0.336 e. The molecule has 1 aliphatic heterocycles. The average Bonchev–Trinajstić information content (AvgIpc) is 3.49. The number of aromatic nitrogens is 2. The average molecular weight is 587 g/mol. The van der Waals surface area contributed by atoms with Gasteiger partial charge in [0.2, 0.25) is 0 Å². The van der Waals surface area contributed by atoms with Crippen molar-refractivity contribution in [1.82, 2.24) is 14.9 Å². The van der Waals surface area contributed by atoms with Gasteiger partial charge in [0.1, 0.15) is 0 Å². The zero-order chi connectivity index (χ0) is 30.9. The fourth-order valence-electron chi connectivity index (χ4n) is 4.71. The molecule has 12 heteroatoms. The predicted octanol–water partition coefficient (Wildman–Crippen LogP) is 4.35. The lowest BCUT2D eigenvalue weighted by atomic mass is 9.80. The molecule has 0 aliphatic carbocycles. The molecule has 1 atom stereocenters. The van der Waals surface area contributed by atoms with E-state index in [1.54, 1.807) is 32.4 Å². The number of carboxylic acid groups (broad SMARTS) is 1. The zero-order valence-corrected chi connectivity index (χ0v) is 23.6. The first-order valence-electron chi connectivity index (χ1n) is 13.4. The molecule has 0 fully saturated rings. The van der Waals surface area contributed by atoms with Gasteiger partial charge >= 0.3 is 17.9 Å². The van der Waals surface area contributed by atoms with Crippen LogP contribution in [0.15, 0.2) is 95.9 Å². The van der Waals surface area contributed by atoms with Crippen molar-refractivity contribution in [2.45, 2.75) is 32.7 Å². The predicted molar refractivity (Wildman–Crippen MR) is 155 cm³/mol. The summed E-state index contributed by atoms with van der Waals surface area (Å²) in [6.45, 7) is 3.74. The minimum atomic E-state index is -1.27. The number of dihydropyridines is 1. The van der Waals surface area contributed by atoms with Crippen LogP contribution in [0.1, 0.15) is 42.9 Å². The number of benzene rings is 2. The maximum absolute atomic E-state index is 13.2. The first kappa shape index (κ1) is 30.4. The molecule has 222 valence electrons. The Morgan fingerprint density at radius 2 is 1.79 bits per heavy atom. The van der Waals surface area contributed by atoms with Gasteiger partial charge in [-0.1, -0.05) is 36.4 Å². The van der Waals surface area contributed by atoms with Gasteiger partial charge < -0.3 is 24.5 Å². The zero-order valence-electron chi connectivity index (χ0n) is 23.6. The molecule has 3 aromatic rings. The quantitative estimate of drug-likeness (QED) is 0.103. The van der Waals surface area contributed by atoms with Crippen LogP contribution in [0.2, 0.25) is 0 Å². The second-order valence-electron chi connectivity index (χ2n) is 9.76. The number of nitrogens with zero attached hydrogens (tertiary/aromatic N) is 3. The van der Waals surface area contributed by atoms with Crippen molar-refractivity contribution in [2.75, 3.05) is 13.2 Å². The normalized spacial score (nSPS) is 14.9. The molecule has 2 N–H and O–H groups in total. The molecule has 0 saturated carbocycles. The Balaban J connectivity index is 1.31. The number of allylic oxidation sites excluding steroid dienone is 2. The molecule has 0 bridgehead atoms. The summed E-state index contributed by atoms with van der Waals surface area (Å²) in [5.74, 6) is -3.70. The highest BCUT2D eigenvalue weighted by molar-refractivity contribution is 5.99. The fourth-order valence-corrected chi connectivity index (χ4v) is 4.71. The van der Waals surface area contributed by atoms with Gasteiger partial charge in [-0.15, -0.1) is 0 Å². The summed E-state index contributed by atoms with van der Waals surface area (Å²) in [4.78, 5) is 52.2. The Labute approximate surface area is 247 Å². The van der Waals surface area contributed by atoms with Gasteiger partial charge in [0, 0.05) is 55.0 Å². The van der Waals surface area contributed by atoms with Gasteiger partial charge in [-0.05, 0) is 36.6 Å². The number of carboxylic acids is 1. The Kier molecular flexibility index (Phi) is 9.84. The van der Waals surface area contributed by atoms with Crippen molar-refractivity contribution in [1.29, 1.82) is 0 Å². The SMILES string of the molecule is CC1=C(C(=O)O)C(c2cccc([N+](=O)[O-])c2)C(C(=O)OCCCOC(=O)C=Cc2ccc(Cn3ccnc3)cc2)=C(C)N1. The minimum Gasteiger partial charge on any atom is -0.478 e. The molecule has 0 saturated heterocycles. The Hall–Kier alpha value is -5.52. The monoisotopic (exact) mass is 586 g/mol. The Morgan fingerprint density at radius 1 is 1.07 bits per heavy atom. The van der Waals surface area contributed by atoms with Gasteiger partial charge in [0.05, 0.1) is 41.5 Å². The Morgan fingerprint density at radius 3 is 2.47 bits per heavy atom. The number of aliphatic carboxylic acids is 1. The number of hydrogen-bond donors (Lipinski definition) is 2. The number of rotatable bonds is 12. The number of carbonyl (C=O) groups excluding carboxylic acids is 2. The van der Waals surface area contributed by atoms with Crippen LogP contribution in [0.3, 0.4) is 0 Å². The van der Waals surface area contributed by atoms with Crippen LogP contribution in [0, 0.1) is 10.1 Å². The highest BCUT2D eigenvalue weighted by Crippen LogP contribution is 2.39. The fraction of sp³-hybridized carbons (Fsp3) is 0.226. The van der Waals surface area contributed by atoms with E-state index in [0.29, 0.717) is 17.9 Å². The molecular weight excluding hydrogens is 556 g/mol. The molecule has 1 aliphatic rings. The molecule has 43 heavy (non-hydrogen) atoms. The number of nitro groups is 1. The molecule has 12 nitrogen and oxygen atoms in total. The van der Waals surface area contributed by atoms with Crippen LogP contribution >= 0.6 is 0 Å². The number of esters is 2. The third kappa shape index (κ3) is 7.82. The minimum absolute atomic E-state index is 0.00965. The smallest absolute Gasteiger partial charge is 0.336 e. The van der Waals surface area contributed by atoms with Gasteiger partial charge in [0.25, 0.3) is 5.69 Å². The molecule has 2 heterocycles. The summed E-state index contributed by atoms with van der Waals surface area (Å²) < 4.78 is 12.5. The van der Waals surface area contributed by atoms with Crippen molar-refractivity contribution < 1.29 is 33.9 Å². The first-order valence-corrected chi connectivity index (χ1v) is 13.4. The van der Waals surface area contributed by atoms with Crippen LogP contribution in [-0.2, 0) is 30.4 Å². The van der Waals surface area contributed by atoms with Gasteiger partial charge in [-0.2, -0.15) is 0 Å². The van der Waals surface area contributed by atoms with Crippen molar-refractivity contribution >= 4 is 29.7 Å². The molecule has 1 aromatic heterocycles. The van der Waals surface area contributed by atoms with E-state index in [9.17, 15) is 29.6 Å². The van der Waals surface area contributed by atoms with E-state index in [0.717, 1.165) is 11.1 Å². The molecule has 1 unspecified atom stereocenters. The van der Waals surface area contributed by atoms with Gasteiger partial charge in [-0.25, -0.2) is 19.4 Å². The summed E-state index contributed by atoms with van der Waals surface area (Å²) in [6, 6.07) is 13.2. The van der Waals surface area contributed by atoms with E-state index in [4.69, 9.17) is 9.47 Å². The number of imidazole rings is 1. The van der Waals surface area contributed by atoms with Crippen LogP contribution in [0.25, 0.3) is 6.08 Å². The highest BCUT2D eigenvalue weighted by Gasteiger charge is 2.37. The van der Waals surface area contributed by atoms with Crippen molar-refractivity contribution in [3.05, 3.63) is 123 Å². The van der Waals surface area contributed by atoms with Crippen LogP contribution in [0.4, 0.5) is 5.69 Å². The molecular formula is C31H30N4O8. The van der Waals surface area contributed by atoms with Crippen molar-refractivity contribution in [3.8, 4) is 0 Å². The second-order valence-corrected chi connectivity index (χ2v) is 9.76. The topological polar surface area (TPSA) is 163 Å². The van der Waals surface area contributed by atoms with Crippen LogP contribution < -0.4 is 5.32 Å². The third-order valence-corrected chi connectivity index (χ3v) is 6.71. The first-order chi connectivity index (χ1) is 20.6. The number of nitro benzene ring substituents is 1. The summed E-state index contributed by atoms with van der Waals surface area (Å²) in [5, 5.41) is 24.2. The maximum atomic E-state index is 13.2. The largest absolute Gasteiger partial charge is 0.478 e. The molecule has 0 radical (unpaired) electrons. The highest BCUT2D eigenvalue weighted by atomic mass is 16.6. The lowest BCUT2D eigenvalue weighted by Crippen LogP contribution is -2.32. The lowest BCUT2D eigenvalue weighted by Gasteiger charge is -2.29. The molecule has 4 rings (SSSR count). The summed E-state index contributed by atoms with van der Waals surface area (Å²) >= 11 is 0. The standard InChI is InChI=1S/C31H30N4O8/c1-20-27(30(37)38)29(24-5-3-6-25(17-24)35(40)41)28(21(2)33-20)31(39)43-16-4-15-42-26(36)12-11-22-7-9-23(10-8-22)18-34-14-13-32-19-34/h3,5-14,17,19,29,33H,4,15-16,18H2,1-2H3,(H,37,38). The molecule has 0 amide bonds. The lowest BCUT2D eigenvalue weighted by molar-refractivity contribution is -0.384. The summed E-state index contributed by atoms with van der Waals surface area (Å²) in [5.41, 5.74) is 2.54. The number of non-ortho nitro benzene ring substituents is 1. The van der Waals surface area contributed by atoms with Crippen LogP contribution in [-0.4, -0.2) is 50.7 Å². The van der Waals surface area contributed by atoms with E-state index < -0.39 is 28.7 Å². The van der Waals surface area contributed by atoms with E-state index in [2.05, 4.69) is 10.3 Å². The van der Waals surface area contributed by atoms with Crippen molar-refractivity contribution in [3.63, 3.8) is 0 Å². The van der Waals surface area contributed by atoms with Gasteiger partial charge in [0.15, 0.2) is 0 Å². The summed E-state index contributed by atoms with van der Waals surface area (Å²) in [7, 11) is 0. The second kappa shape index (κ2) is 13.9. The number of ether oxygens (including phenoxy) is 2. The van der Waals surface area contributed by atoms with Crippen molar-refractivity contribution in [2.24, 2.45) is 0 Å². The summed E-state index contributed by atoms with van der Waals surface area (Å²) in [6.07, 6.45) is 8.48. The molecule has 0 spiro atoms.